The van der Waals surface area contributed by atoms with E-state index in [-0.39, 0.29) is 23.3 Å². The first kappa shape index (κ1) is 16.0. The van der Waals surface area contributed by atoms with E-state index in [9.17, 15) is 9.59 Å². The molecule has 1 aliphatic heterocycles. The van der Waals surface area contributed by atoms with Crippen LogP contribution in [0.15, 0.2) is 39.0 Å². The zero-order chi connectivity index (χ0) is 17.3. The molecule has 0 aliphatic carbocycles. The number of esters is 1. The molecule has 1 amide bonds. The van der Waals surface area contributed by atoms with E-state index in [1.807, 2.05) is 0 Å². The minimum Gasteiger partial charge on any atom is -0.467 e. The van der Waals surface area contributed by atoms with Crippen LogP contribution >= 0.6 is 12.2 Å². The molecular weight excluding hydrogens is 332 g/mol. The van der Waals surface area contributed by atoms with E-state index in [0.717, 1.165) is 0 Å². The van der Waals surface area contributed by atoms with E-state index >= 15 is 0 Å². The highest BCUT2D eigenvalue weighted by Gasteiger charge is 2.31. The van der Waals surface area contributed by atoms with Crippen molar-refractivity contribution in [3.05, 3.63) is 53.0 Å². The number of aryl methyl sites for hydroxylation is 1. The molecule has 2 aromatic rings. The van der Waals surface area contributed by atoms with E-state index in [0.29, 0.717) is 22.8 Å². The number of rotatable bonds is 4. The van der Waals surface area contributed by atoms with Crippen molar-refractivity contribution in [1.29, 1.82) is 0 Å². The van der Waals surface area contributed by atoms with Crippen molar-refractivity contribution in [3.63, 3.8) is 0 Å². The molecule has 1 fully saturated rings. The Hall–Kier alpha value is -2.87. The predicted molar refractivity (Wildman–Crippen MR) is 87.8 cm³/mol. The van der Waals surface area contributed by atoms with E-state index in [1.54, 1.807) is 19.1 Å². The molecule has 24 heavy (non-hydrogen) atoms. The lowest BCUT2D eigenvalue weighted by atomic mass is 10.2. The van der Waals surface area contributed by atoms with Crippen LogP contribution in [-0.4, -0.2) is 29.0 Å². The zero-order valence-electron chi connectivity index (χ0n) is 13.0. The third kappa shape index (κ3) is 2.95. The Morgan fingerprint density at radius 1 is 1.50 bits per heavy atom. The summed E-state index contributed by atoms with van der Waals surface area (Å²) in [4.78, 5) is 25.5. The predicted octanol–water partition coefficient (Wildman–Crippen LogP) is 2.23. The molecule has 2 aromatic heterocycles. The van der Waals surface area contributed by atoms with Gasteiger partial charge in [-0.05, 0) is 37.3 Å². The summed E-state index contributed by atoms with van der Waals surface area (Å²) in [6.07, 6.45) is 3.03. The molecule has 1 aliphatic rings. The van der Waals surface area contributed by atoms with Crippen molar-refractivity contribution in [3.8, 4) is 0 Å². The fourth-order valence-electron chi connectivity index (χ4n) is 2.30. The van der Waals surface area contributed by atoms with Crippen LogP contribution in [0.4, 0.5) is 0 Å². The number of nitrogens with one attached hydrogen (secondary N) is 1. The second-order valence-electron chi connectivity index (χ2n) is 5.07. The Labute approximate surface area is 142 Å². The summed E-state index contributed by atoms with van der Waals surface area (Å²) in [7, 11) is 1.29. The molecule has 0 atom stereocenters. The molecule has 0 aromatic carbocycles. The monoisotopic (exact) mass is 346 g/mol. The Morgan fingerprint density at radius 2 is 2.29 bits per heavy atom. The smallest absolute Gasteiger partial charge is 0.341 e. The van der Waals surface area contributed by atoms with Gasteiger partial charge in [0.15, 0.2) is 5.11 Å². The van der Waals surface area contributed by atoms with Gasteiger partial charge >= 0.3 is 5.97 Å². The highest BCUT2D eigenvalue weighted by atomic mass is 32.1. The van der Waals surface area contributed by atoms with Crippen LogP contribution in [0.3, 0.4) is 0 Å². The first-order valence-corrected chi connectivity index (χ1v) is 7.46. The van der Waals surface area contributed by atoms with Gasteiger partial charge in [0.25, 0.3) is 5.91 Å². The summed E-state index contributed by atoms with van der Waals surface area (Å²) in [5, 5.41) is 3.11. The van der Waals surface area contributed by atoms with Crippen molar-refractivity contribution < 1.29 is 23.2 Å². The Bertz CT molecular complexity index is 835. The second-order valence-corrected chi connectivity index (χ2v) is 5.46. The number of amides is 1. The quantitative estimate of drug-likeness (QED) is 0.516. The van der Waals surface area contributed by atoms with Crippen LogP contribution in [0, 0.1) is 6.92 Å². The largest absolute Gasteiger partial charge is 0.467 e. The molecular formula is C16H14N2O5S. The lowest BCUT2D eigenvalue weighted by Gasteiger charge is -2.11. The first-order valence-electron chi connectivity index (χ1n) is 7.05. The van der Waals surface area contributed by atoms with Crippen molar-refractivity contribution in [1.82, 2.24) is 10.2 Å². The number of methoxy groups -OCH3 is 1. The van der Waals surface area contributed by atoms with Gasteiger partial charge in [0.1, 0.15) is 28.5 Å². The number of ether oxygens (including phenoxy) is 1. The number of hydrogen-bond donors (Lipinski definition) is 1. The number of hydrogen-bond acceptors (Lipinski definition) is 6. The average Bonchev–Trinajstić information content (AvgIpc) is 3.25. The van der Waals surface area contributed by atoms with Crippen LogP contribution in [0.5, 0.6) is 0 Å². The SMILES string of the molecule is COC(=O)c1cc(/C=C2\NC(=S)N(Cc3ccco3)C2=O)oc1C. The maximum Gasteiger partial charge on any atom is 0.341 e. The van der Waals surface area contributed by atoms with Gasteiger partial charge in [-0.3, -0.25) is 9.69 Å². The second kappa shape index (κ2) is 6.32. The van der Waals surface area contributed by atoms with Gasteiger partial charge in [0, 0.05) is 6.08 Å². The Kier molecular flexibility index (Phi) is 4.22. The Balaban J connectivity index is 1.82. The highest BCUT2D eigenvalue weighted by Crippen LogP contribution is 2.21. The molecule has 0 saturated carbocycles. The molecule has 124 valence electrons. The van der Waals surface area contributed by atoms with Gasteiger partial charge in [0.05, 0.1) is 19.9 Å². The lowest BCUT2D eigenvalue weighted by molar-refractivity contribution is -0.122. The van der Waals surface area contributed by atoms with Crippen LogP contribution in [0.1, 0.15) is 27.6 Å². The van der Waals surface area contributed by atoms with Gasteiger partial charge < -0.3 is 18.9 Å². The van der Waals surface area contributed by atoms with Crippen molar-refractivity contribution in [2.24, 2.45) is 0 Å². The number of thiocarbonyl (C=S) groups is 1. The Morgan fingerprint density at radius 3 is 2.96 bits per heavy atom. The molecule has 0 spiro atoms. The minimum atomic E-state index is -0.499. The fraction of sp³-hybridized carbons (Fsp3) is 0.188. The normalized spacial score (nSPS) is 15.9. The average molecular weight is 346 g/mol. The number of carbonyl (C=O) groups is 2. The van der Waals surface area contributed by atoms with Crippen LogP contribution in [0.25, 0.3) is 6.08 Å². The number of furan rings is 2. The zero-order valence-corrected chi connectivity index (χ0v) is 13.8. The van der Waals surface area contributed by atoms with Gasteiger partial charge in [0.2, 0.25) is 0 Å². The van der Waals surface area contributed by atoms with Gasteiger partial charge in [-0.25, -0.2) is 4.79 Å². The van der Waals surface area contributed by atoms with E-state index in [4.69, 9.17) is 21.1 Å². The van der Waals surface area contributed by atoms with Crippen molar-refractivity contribution in [2.75, 3.05) is 7.11 Å². The lowest BCUT2D eigenvalue weighted by Crippen LogP contribution is -2.29. The molecule has 0 radical (unpaired) electrons. The van der Waals surface area contributed by atoms with Crippen LogP contribution < -0.4 is 5.32 Å². The number of nitrogens with zero attached hydrogens (tertiary/aromatic N) is 1. The fourth-order valence-corrected chi connectivity index (χ4v) is 2.56. The summed E-state index contributed by atoms with van der Waals surface area (Å²) in [6.45, 7) is 1.88. The maximum absolute atomic E-state index is 12.5. The molecule has 3 heterocycles. The third-order valence-electron chi connectivity index (χ3n) is 3.49. The number of carbonyl (C=O) groups excluding carboxylic acids is 2. The standard InChI is InChI=1S/C16H14N2O5S/c1-9-12(15(20)21-2)6-11(23-9)7-13-14(19)18(16(24)17-13)8-10-4-3-5-22-10/h3-7H,8H2,1-2H3,(H,17,24)/b13-7-. The van der Waals surface area contributed by atoms with Crippen LogP contribution in [-0.2, 0) is 16.1 Å². The van der Waals surface area contributed by atoms with Gasteiger partial charge in [-0.1, -0.05) is 0 Å². The molecule has 3 rings (SSSR count). The van der Waals surface area contributed by atoms with Gasteiger partial charge in [-0.2, -0.15) is 0 Å². The summed E-state index contributed by atoms with van der Waals surface area (Å²) < 4.78 is 15.4. The van der Waals surface area contributed by atoms with Gasteiger partial charge in [-0.15, -0.1) is 0 Å². The minimum absolute atomic E-state index is 0.236. The molecule has 1 saturated heterocycles. The van der Waals surface area contributed by atoms with E-state index in [2.05, 4.69) is 10.1 Å². The summed E-state index contributed by atoms with van der Waals surface area (Å²) >= 11 is 5.18. The molecule has 1 N–H and O–H groups in total. The van der Waals surface area contributed by atoms with Crippen molar-refractivity contribution in [2.45, 2.75) is 13.5 Å². The van der Waals surface area contributed by atoms with E-state index in [1.165, 1.54) is 30.4 Å². The maximum atomic E-state index is 12.5. The van der Waals surface area contributed by atoms with Crippen molar-refractivity contribution >= 4 is 35.3 Å². The van der Waals surface area contributed by atoms with E-state index < -0.39 is 5.97 Å². The topological polar surface area (TPSA) is 84.9 Å². The molecule has 7 nitrogen and oxygen atoms in total. The first-order chi connectivity index (χ1) is 11.5. The highest BCUT2D eigenvalue weighted by molar-refractivity contribution is 7.80. The van der Waals surface area contributed by atoms with Crippen LogP contribution in [0.2, 0.25) is 0 Å². The molecule has 0 bridgehead atoms. The summed E-state index contributed by atoms with van der Waals surface area (Å²) in [6, 6.07) is 5.01. The molecule has 8 heteroatoms. The summed E-state index contributed by atoms with van der Waals surface area (Å²) in [5.41, 5.74) is 0.571. The summed E-state index contributed by atoms with van der Waals surface area (Å²) in [5.74, 6) is 0.586. The molecule has 0 unspecified atom stereocenters. The third-order valence-corrected chi connectivity index (χ3v) is 3.81.